The number of carbonyl (C=O) groups is 1. The second kappa shape index (κ2) is 6.27. The number of methoxy groups -OCH3 is 1. The van der Waals surface area contributed by atoms with Gasteiger partial charge in [-0.15, -0.1) is 0 Å². The maximum atomic E-state index is 13.7. The largest absolute Gasteiger partial charge is 0.497 e. The Kier molecular flexibility index (Phi) is 4.16. The van der Waals surface area contributed by atoms with E-state index in [0.29, 0.717) is 11.4 Å². The number of halogens is 2. The standard InChI is InChI=1S/C17H15F2N3O2/c1-9(16-12(18)7-20-8-13(16)19)21-17(23)15-6-10-5-11(24-2)3-4-14(10)22-15/h3-9,22H,1-2H3,(H,21,23). The summed E-state index contributed by atoms with van der Waals surface area (Å²) in [5.41, 5.74) is 0.825. The van der Waals surface area contributed by atoms with Crippen molar-refractivity contribution in [3.63, 3.8) is 0 Å². The summed E-state index contributed by atoms with van der Waals surface area (Å²) in [6, 6.07) is 6.15. The van der Waals surface area contributed by atoms with Crippen LogP contribution in [0.3, 0.4) is 0 Å². The van der Waals surface area contributed by atoms with Gasteiger partial charge in [-0.1, -0.05) is 0 Å². The van der Waals surface area contributed by atoms with Crippen molar-refractivity contribution < 1.29 is 18.3 Å². The molecular weight excluding hydrogens is 316 g/mol. The first kappa shape index (κ1) is 15.9. The minimum atomic E-state index is -0.846. The van der Waals surface area contributed by atoms with E-state index in [9.17, 15) is 13.6 Å². The second-order valence-corrected chi connectivity index (χ2v) is 5.35. The molecule has 24 heavy (non-hydrogen) atoms. The zero-order chi connectivity index (χ0) is 17.3. The van der Waals surface area contributed by atoms with E-state index in [2.05, 4.69) is 15.3 Å². The molecule has 3 aromatic rings. The molecule has 2 heterocycles. The number of hydrogen-bond acceptors (Lipinski definition) is 3. The first-order chi connectivity index (χ1) is 11.5. The van der Waals surface area contributed by atoms with E-state index in [0.717, 1.165) is 23.3 Å². The summed E-state index contributed by atoms with van der Waals surface area (Å²) in [7, 11) is 1.56. The molecule has 3 rings (SSSR count). The van der Waals surface area contributed by atoms with Crippen LogP contribution in [0.15, 0.2) is 36.7 Å². The number of H-pyrrole nitrogens is 1. The number of pyridine rings is 1. The molecule has 0 bridgehead atoms. The van der Waals surface area contributed by atoms with E-state index in [1.807, 2.05) is 0 Å². The molecule has 2 aromatic heterocycles. The third kappa shape index (κ3) is 2.92. The molecule has 1 atom stereocenters. The van der Waals surface area contributed by atoms with E-state index in [1.54, 1.807) is 31.4 Å². The van der Waals surface area contributed by atoms with E-state index in [1.165, 1.54) is 6.92 Å². The van der Waals surface area contributed by atoms with Crippen LogP contribution in [0.2, 0.25) is 0 Å². The highest BCUT2D eigenvalue weighted by Gasteiger charge is 2.20. The van der Waals surface area contributed by atoms with Gasteiger partial charge in [0.15, 0.2) is 0 Å². The highest BCUT2D eigenvalue weighted by Crippen LogP contribution is 2.23. The van der Waals surface area contributed by atoms with Gasteiger partial charge in [0.2, 0.25) is 0 Å². The highest BCUT2D eigenvalue weighted by atomic mass is 19.1. The SMILES string of the molecule is COc1ccc2[nH]c(C(=O)NC(C)c3c(F)cncc3F)cc2c1. The van der Waals surface area contributed by atoms with Crippen molar-refractivity contribution in [2.24, 2.45) is 0 Å². The summed E-state index contributed by atoms with van der Waals surface area (Å²) in [5.74, 6) is -1.40. The molecule has 1 amide bonds. The van der Waals surface area contributed by atoms with E-state index < -0.39 is 23.6 Å². The molecular formula is C17H15F2N3O2. The number of carbonyl (C=O) groups excluding carboxylic acids is 1. The molecule has 0 spiro atoms. The van der Waals surface area contributed by atoms with Gasteiger partial charge in [-0.3, -0.25) is 9.78 Å². The lowest BCUT2D eigenvalue weighted by Gasteiger charge is -2.14. The zero-order valence-electron chi connectivity index (χ0n) is 13.1. The third-order valence-corrected chi connectivity index (χ3v) is 3.74. The minimum Gasteiger partial charge on any atom is -0.497 e. The average molecular weight is 331 g/mol. The quantitative estimate of drug-likeness (QED) is 0.770. The number of nitrogens with one attached hydrogen (secondary N) is 2. The fourth-order valence-corrected chi connectivity index (χ4v) is 2.54. The number of rotatable bonds is 4. The Morgan fingerprint density at radius 3 is 2.62 bits per heavy atom. The summed E-state index contributed by atoms with van der Waals surface area (Å²) in [6.45, 7) is 1.51. The van der Waals surface area contributed by atoms with Gasteiger partial charge in [-0.2, -0.15) is 0 Å². The third-order valence-electron chi connectivity index (χ3n) is 3.74. The molecule has 7 heteroatoms. The predicted molar refractivity (Wildman–Crippen MR) is 84.9 cm³/mol. The van der Waals surface area contributed by atoms with Crippen LogP contribution in [0.4, 0.5) is 8.78 Å². The fraction of sp³-hybridized carbons (Fsp3) is 0.176. The molecule has 2 N–H and O–H groups in total. The number of ether oxygens (including phenoxy) is 1. The fourth-order valence-electron chi connectivity index (χ4n) is 2.54. The Labute approximate surface area is 136 Å². The second-order valence-electron chi connectivity index (χ2n) is 5.35. The van der Waals surface area contributed by atoms with Gasteiger partial charge in [0, 0.05) is 16.5 Å². The van der Waals surface area contributed by atoms with Crippen molar-refractivity contribution >= 4 is 16.8 Å². The van der Waals surface area contributed by atoms with Crippen molar-refractivity contribution in [3.05, 3.63) is 59.6 Å². The van der Waals surface area contributed by atoms with Gasteiger partial charge in [0.05, 0.1) is 25.5 Å². The van der Waals surface area contributed by atoms with Crippen LogP contribution in [0.25, 0.3) is 10.9 Å². The molecule has 1 unspecified atom stereocenters. The Morgan fingerprint density at radius 1 is 1.25 bits per heavy atom. The summed E-state index contributed by atoms with van der Waals surface area (Å²) in [6.07, 6.45) is 1.83. The van der Waals surface area contributed by atoms with Crippen LogP contribution < -0.4 is 10.1 Å². The molecule has 0 aliphatic heterocycles. The van der Waals surface area contributed by atoms with E-state index >= 15 is 0 Å². The summed E-state index contributed by atoms with van der Waals surface area (Å²) in [5, 5.41) is 3.37. The summed E-state index contributed by atoms with van der Waals surface area (Å²) in [4.78, 5) is 18.7. The van der Waals surface area contributed by atoms with Crippen LogP contribution in [-0.2, 0) is 0 Å². The van der Waals surface area contributed by atoms with Crippen LogP contribution in [0, 0.1) is 11.6 Å². The molecule has 0 saturated heterocycles. The number of fused-ring (bicyclic) bond motifs is 1. The average Bonchev–Trinajstić information content (AvgIpc) is 2.97. The van der Waals surface area contributed by atoms with Crippen LogP contribution in [0.1, 0.15) is 29.0 Å². The number of nitrogens with zero attached hydrogens (tertiary/aromatic N) is 1. The Hall–Kier alpha value is -2.96. The number of benzene rings is 1. The Balaban J connectivity index is 1.84. The molecule has 5 nitrogen and oxygen atoms in total. The minimum absolute atomic E-state index is 0.226. The van der Waals surface area contributed by atoms with E-state index in [-0.39, 0.29) is 5.56 Å². The van der Waals surface area contributed by atoms with Crippen molar-refractivity contribution in [2.75, 3.05) is 7.11 Å². The predicted octanol–water partition coefficient (Wildman–Crippen LogP) is 3.34. The lowest BCUT2D eigenvalue weighted by Crippen LogP contribution is -2.28. The normalized spacial score (nSPS) is 12.2. The van der Waals surface area contributed by atoms with Crippen molar-refractivity contribution in [3.8, 4) is 5.75 Å². The van der Waals surface area contributed by atoms with Crippen LogP contribution in [-0.4, -0.2) is 23.0 Å². The molecule has 0 saturated carbocycles. The zero-order valence-corrected chi connectivity index (χ0v) is 13.1. The van der Waals surface area contributed by atoms with Gasteiger partial charge >= 0.3 is 0 Å². The van der Waals surface area contributed by atoms with Crippen LogP contribution in [0.5, 0.6) is 5.75 Å². The van der Waals surface area contributed by atoms with E-state index in [4.69, 9.17) is 4.74 Å². The van der Waals surface area contributed by atoms with Crippen molar-refractivity contribution in [1.82, 2.24) is 15.3 Å². The first-order valence-electron chi connectivity index (χ1n) is 7.26. The van der Waals surface area contributed by atoms with Gasteiger partial charge in [0.1, 0.15) is 23.1 Å². The number of hydrogen-bond donors (Lipinski definition) is 2. The van der Waals surface area contributed by atoms with Gasteiger partial charge < -0.3 is 15.0 Å². The molecule has 1 aromatic carbocycles. The highest BCUT2D eigenvalue weighted by molar-refractivity contribution is 5.98. The molecule has 124 valence electrons. The molecule has 0 aliphatic rings. The number of aromatic nitrogens is 2. The van der Waals surface area contributed by atoms with Gasteiger partial charge in [-0.05, 0) is 31.2 Å². The Bertz CT molecular complexity index is 888. The Morgan fingerprint density at radius 2 is 1.96 bits per heavy atom. The maximum absolute atomic E-state index is 13.7. The topological polar surface area (TPSA) is 67.0 Å². The number of amides is 1. The van der Waals surface area contributed by atoms with Crippen molar-refractivity contribution in [1.29, 1.82) is 0 Å². The van der Waals surface area contributed by atoms with Gasteiger partial charge in [-0.25, -0.2) is 8.78 Å². The lowest BCUT2D eigenvalue weighted by molar-refractivity contribution is 0.0934. The summed E-state index contributed by atoms with van der Waals surface area (Å²) < 4.78 is 32.6. The smallest absolute Gasteiger partial charge is 0.268 e. The number of aromatic amines is 1. The lowest BCUT2D eigenvalue weighted by atomic mass is 10.1. The molecule has 0 fully saturated rings. The summed E-state index contributed by atoms with van der Waals surface area (Å²) >= 11 is 0. The van der Waals surface area contributed by atoms with Gasteiger partial charge in [0.25, 0.3) is 5.91 Å². The first-order valence-corrected chi connectivity index (χ1v) is 7.26. The maximum Gasteiger partial charge on any atom is 0.268 e. The van der Waals surface area contributed by atoms with Crippen molar-refractivity contribution in [2.45, 2.75) is 13.0 Å². The van der Waals surface area contributed by atoms with Crippen LogP contribution >= 0.6 is 0 Å². The monoisotopic (exact) mass is 331 g/mol. The molecule has 0 radical (unpaired) electrons. The molecule has 0 aliphatic carbocycles.